The quantitative estimate of drug-likeness (QED) is 0.320. The van der Waals surface area contributed by atoms with Crippen LogP contribution in [-0.2, 0) is 17.9 Å². The summed E-state index contributed by atoms with van der Waals surface area (Å²) in [5, 5.41) is 3.96. The van der Waals surface area contributed by atoms with Crippen molar-refractivity contribution in [1.82, 2.24) is 10.1 Å². The van der Waals surface area contributed by atoms with Gasteiger partial charge in [-0.15, -0.1) is 0 Å². The van der Waals surface area contributed by atoms with E-state index in [-0.39, 0.29) is 11.9 Å². The van der Waals surface area contributed by atoms with Gasteiger partial charge in [0.25, 0.3) is 0 Å². The van der Waals surface area contributed by atoms with E-state index >= 15 is 0 Å². The van der Waals surface area contributed by atoms with Crippen LogP contribution < -0.4 is 14.2 Å². The summed E-state index contributed by atoms with van der Waals surface area (Å²) in [6, 6.07) is 13.7. The van der Waals surface area contributed by atoms with Gasteiger partial charge in [0.15, 0.2) is 11.5 Å². The molecule has 0 aliphatic heterocycles. The Labute approximate surface area is 212 Å². The van der Waals surface area contributed by atoms with Crippen LogP contribution in [0.4, 0.5) is 0 Å². The number of hydrogen-bond acceptors (Lipinski definition) is 6. The fraction of sp³-hybridized carbons (Fsp3) is 0.379. The average molecular weight is 491 g/mol. The lowest BCUT2D eigenvalue weighted by molar-refractivity contribution is -0.129. The minimum atomic E-state index is -0.0112. The number of rotatable bonds is 11. The van der Waals surface area contributed by atoms with Crippen molar-refractivity contribution in [3.05, 3.63) is 76.7 Å². The molecule has 1 aliphatic rings. The van der Waals surface area contributed by atoms with Gasteiger partial charge in [-0.25, -0.2) is 0 Å². The SMILES string of the molecule is COc1ccc(CN(C(=O)/C=C/c2ccc(OCc3c(C)noc3C)c(OC)c2)C(C)C2CC2)cc1. The molecule has 1 amide bonds. The summed E-state index contributed by atoms with van der Waals surface area (Å²) in [7, 11) is 3.25. The Morgan fingerprint density at radius 2 is 1.86 bits per heavy atom. The Bertz CT molecular complexity index is 1190. The lowest BCUT2D eigenvalue weighted by Crippen LogP contribution is -2.38. The Morgan fingerprint density at radius 1 is 1.11 bits per heavy atom. The van der Waals surface area contributed by atoms with Crippen LogP contribution in [-0.4, -0.2) is 36.2 Å². The van der Waals surface area contributed by atoms with Crippen LogP contribution in [0.5, 0.6) is 17.2 Å². The summed E-state index contributed by atoms with van der Waals surface area (Å²) in [6.07, 6.45) is 5.80. The molecule has 0 N–H and O–H groups in total. The third-order valence-corrected chi connectivity index (χ3v) is 6.75. The van der Waals surface area contributed by atoms with Crippen LogP contribution in [0.2, 0.25) is 0 Å². The first-order valence-electron chi connectivity index (χ1n) is 12.2. The van der Waals surface area contributed by atoms with Crippen molar-refractivity contribution in [3.63, 3.8) is 0 Å². The average Bonchev–Trinajstić information content (AvgIpc) is 3.70. The fourth-order valence-electron chi connectivity index (χ4n) is 4.21. The number of carbonyl (C=O) groups excluding carboxylic acids is 1. The number of hydrogen-bond donors (Lipinski definition) is 0. The molecule has 1 unspecified atom stereocenters. The zero-order valence-electron chi connectivity index (χ0n) is 21.6. The summed E-state index contributed by atoms with van der Waals surface area (Å²) in [5.41, 5.74) is 3.66. The minimum absolute atomic E-state index is 0.0112. The summed E-state index contributed by atoms with van der Waals surface area (Å²) < 4.78 is 22.0. The smallest absolute Gasteiger partial charge is 0.247 e. The molecule has 1 fully saturated rings. The second-order valence-electron chi connectivity index (χ2n) is 9.23. The third kappa shape index (κ3) is 6.08. The molecule has 4 rings (SSSR count). The van der Waals surface area contributed by atoms with E-state index < -0.39 is 0 Å². The van der Waals surface area contributed by atoms with Gasteiger partial charge in [0.05, 0.1) is 25.5 Å². The van der Waals surface area contributed by atoms with Crippen molar-refractivity contribution in [1.29, 1.82) is 0 Å². The fourth-order valence-corrected chi connectivity index (χ4v) is 4.21. The zero-order chi connectivity index (χ0) is 25.7. The van der Waals surface area contributed by atoms with Gasteiger partial charge in [0.2, 0.25) is 5.91 Å². The molecule has 2 aromatic carbocycles. The number of aromatic nitrogens is 1. The highest BCUT2D eigenvalue weighted by Gasteiger charge is 2.33. The van der Waals surface area contributed by atoms with Crippen LogP contribution in [0.15, 0.2) is 53.1 Å². The maximum Gasteiger partial charge on any atom is 0.247 e. The predicted octanol–water partition coefficient (Wildman–Crippen LogP) is 5.73. The number of nitrogens with zero attached hydrogens (tertiary/aromatic N) is 2. The van der Waals surface area contributed by atoms with Crippen molar-refractivity contribution in [3.8, 4) is 17.2 Å². The van der Waals surface area contributed by atoms with Crippen LogP contribution in [0.1, 0.15) is 47.9 Å². The van der Waals surface area contributed by atoms with Gasteiger partial charge in [0, 0.05) is 18.7 Å². The molecular formula is C29H34N2O5. The highest BCUT2D eigenvalue weighted by atomic mass is 16.5. The van der Waals surface area contributed by atoms with E-state index in [4.69, 9.17) is 18.7 Å². The van der Waals surface area contributed by atoms with E-state index in [0.29, 0.717) is 30.6 Å². The van der Waals surface area contributed by atoms with Crippen molar-refractivity contribution in [2.45, 2.75) is 52.8 Å². The van der Waals surface area contributed by atoms with Crippen molar-refractivity contribution in [2.24, 2.45) is 5.92 Å². The molecule has 1 aromatic heterocycles. The molecule has 1 aliphatic carbocycles. The molecule has 0 spiro atoms. The largest absolute Gasteiger partial charge is 0.497 e. The lowest BCUT2D eigenvalue weighted by Gasteiger charge is -2.28. The van der Waals surface area contributed by atoms with Crippen molar-refractivity contribution in [2.75, 3.05) is 14.2 Å². The number of amides is 1. The van der Waals surface area contributed by atoms with Gasteiger partial charge >= 0.3 is 0 Å². The molecule has 1 heterocycles. The van der Waals surface area contributed by atoms with Gasteiger partial charge in [-0.05, 0) is 81.0 Å². The third-order valence-electron chi connectivity index (χ3n) is 6.75. The van der Waals surface area contributed by atoms with Gasteiger partial charge in [0.1, 0.15) is 18.1 Å². The molecule has 190 valence electrons. The van der Waals surface area contributed by atoms with Gasteiger partial charge < -0.3 is 23.6 Å². The summed E-state index contributed by atoms with van der Waals surface area (Å²) in [6.45, 7) is 6.79. The Balaban J connectivity index is 1.46. The van der Waals surface area contributed by atoms with Crippen molar-refractivity contribution >= 4 is 12.0 Å². The molecular weight excluding hydrogens is 456 g/mol. The minimum Gasteiger partial charge on any atom is -0.497 e. The van der Waals surface area contributed by atoms with Crippen LogP contribution in [0, 0.1) is 19.8 Å². The summed E-state index contributed by atoms with van der Waals surface area (Å²) in [4.78, 5) is 15.2. The number of ether oxygens (including phenoxy) is 3. The van der Waals surface area contributed by atoms with Crippen LogP contribution >= 0.6 is 0 Å². The van der Waals surface area contributed by atoms with Crippen molar-refractivity contribution < 1.29 is 23.5 Å². The monoisotopic (exact) mass is 490 g/mol. The summed E-state index contributed by atoms with van der Waals surface area (Å²) in [5.74, 6) is 3.31. The standard InChI is InChI=1S/C29H34N2O5/c1-19-26(21(3)36-30-19)18-35-27-14-8-22(16-28(27)34-5)9-15-29(32)31(20(2)24-10-11-24)17-23-6-12-25(33-4)13-7-23/h6-9,12-16,20,24H,10-11,17-18H2,1-5H3/b15-9+. The highest BCUT2D eigenvalue weighted by Crippen LogP contribution is 2.36. The normalized spacial score (nSPS) is 14.0. The molecule has 7 heteroatoms. The molecule has 3 aromatic rings. The molecule has 7 nitrogen and oxygen atoms in total. The number of methoxy groups -OCH3 is 2. The van der Waals surface area contributed by atoms with Gasteiger partial charge in [-0.3, -0.25) is 4.79 Å². The maximum atomic E-state index is 13.3. The molecule has 0 saturated heterocycles. The topological polar surface area (TPSA) is 74.0 Å². The van der Waals surface area contributed by atoms with E-state index in [2.05, 4.69) is 12.1 Å². The van der Waals surface area contributed by atoms with Gasteiger partial charge in [-0.2, -0.15) is 0 Å². The number of benzene rings is 2. The molecule has 1 atom stereocenters. The van der Waals surface area contributed by atoms with E-state index in [1.807, 2.05) is 67.3 Å². The van der Waals surface area contributed by atoms with E-state index in [1.165, 1.54) is 12.8 Å². The molecule has 36 heavy (non-hydrogen) atoms. The Morgan fingerprint density at radius 3 is 2.47 bits per heavy atom. The van der Waals surface area contributed by atoms with E-state index in [1.54, 1.807) is 20.3 Å². The second kappa shape index (κ2) is 11.3. The van der Waals surface area contributed by atoms with Crippen LogP contribution in [0.3, 0.4) is 0 Å². The first-order chi connectivity index (χ1) is 17.4. The van der Waals surface area contributed by atoms with E-state index in [0.717, 1.165) is 33.9 Å². The Kier molecular flexibility index (Phi) is 7.98. The lowest BCUT2D eigenvalue weighted by atomic mass is 10.1. The number of carbonyl (C=O) groups is 1. The maximum absolute atomic E-state index is 13.3. The first kappa shape index (κ1) is 25.4. The molecule has 0 bridgehead atoms. The van der Waals surface area contributed by atoms with Gasteiger partial charge in [-0.1, -0.05) is 23.4 Å². The zero-order valence-corrected chi connectivity index (χ0v) is 21.6. The summed E-state index contributed by atoms with van der Waals surface area (Å²) >= 11 is 0. The van der Waals surface area contributed by atoms with E-state index in [9.17, 15) is 4.79 Å². The first-order valence-corrected chi connectivity index (χ1v) is 12.2. The second-order valence-corrected chi connectivity index (χ2v) is 9.23. The molecule has 1 saturated carbocycles. The highest BCUT2D eigenvalue weighted by molar-refractivity contribution is 5.92. The number of aryl methyl sites for hydroxylation is 2. The molecule has 0 radical (unpaired) electrons. The van der Waals surface area contributed by atoms with Crippen LogP contribution in [0.25, 0.3) is 6.08 Å². The predicted molar refractivity (Wildman–Crippen MR) is 138 cm³/mol. The Hall–Kier alpha value is -3.74.